The van der Waals surface area contributed by atoms with Crippen molar-refractivity contribution in [3.05, 3.63) is 46.4 Å². The van der Waals surface area contributed by atoms with Crippen LogP contribution in [0.15, 0.2) is 50.7 Å². The first kappa shape index (κ1) is 12.6. The van der Waals surface area contributed by atoms with Crippen LogP contribution in [0.5, 0.6) is 0 Å². The van der Waals surface area contributed by atoms with Gasteiger partial charge in [0.1, 0.15) is 0 Å². The summed E-state index contributed by atoms with van der Waals surface area (Å²) in [6.45, 7) is 0. The fourth-order valence-corrected chi connectivity index (χ4v) is 3.44. The van der Waals surface area contributed by atoms with E-state index in [1.165, 1.54) is 0 Å². The van der Waals surface area contributed by atoms with Gasteiger partial charge < -0.3 is 11.1 Å². The van der Waals surface area contributed by atoms with Crippen molar-refractivity contribution in [1.29, 1.82) is 0 Å². The summed E-state index contributed by atoms with van der Waals surface area (Å²) in [5.74, 6) is 0.0254. The van der Waals surface area contributed by atoms with E-state index < -0.39 is 0 Å². The third-order valence-electron chi connectivity index (χ3n) is 2.92. The van der Waals surface area contributed by atoms with Gasteiger partial charge in [0.15, 0.2) is 0 Å². The number of amides is 1. The maximum absolute atomic E-state index is 11.4. The van der Waals surface area contributed by atoms with Gasteiger partial charge in [0.2, 0.25) is 5.91 Å². The first-order valence-corrected chi connectivity index (χ1v) is 7.39. The smallest absolute Gasteiger partial charge is 0.228 e. The Hall–Kier alpha value is -1.46. The number of nitrogens with one attached hydrogen (secondary N) is 1. The monoisotopic (exact) mass is 334 g/mol. The predicted octanol–water partition coefficient (Wildman–Crippen LogP) is 3.68. The topological polar surface area (TPSA) is 55.1 Å². The molecule has 19 heavy (non-hydrogen) atoms. The second kappa shape index (κ2) is 4.90. The molecule has 3 nitrogen and oxygen atoms in total. The van der Waals surface area contributed by atoms with Gasteiger partial charge in [-0.25, -0.2) is 0 Å². The van der Waals surface area contributed by atoms with E-state index in [2.05, 4.69) is 21.2 Å². The van der Waals surface area contributed by atoms with Gasteiger partial charge >= 0.3 is 0 Å². The van der Waals surface area contributed by atoms with Crippen LogP contribution in [-0.4, -0.2) is 5.91 Å². The number of hydrogen-bond donors (Lipinski definition) is 2. The summed E-state index contributed by atoms with van der Waals surface area (Å²) in [5, 5.41) is 2.85. The van der Waals surface area contributed by atoms with Crippen molar-refractivity contribution in [2.24, 2.45) is 0 Å². The number of benzene rings is 2. The summed E-state index contributed by atoms with van der Waals surface area (Å²) in [6, 6.07) is 11.8. The lowest BCUT2D eigenvalue weighted by molar-refractivity contribution is -0.115. The quantitative estimate of drug-likeness (QED) is 0.823. The van der Waals surface area contributed by atoms with Crippen LogP contribution >= 0.6 is 27.7 Å². The molecule has 0 fully saturated rings. The molecule has 0 aromatic heterocycles. The first-order chi connectivity index (χ1) is 9.13. The Morgan fingerprint density at radius 1 is 1.21 bits per heavy atom. The third-order valence-corrected chi connectivity index (χ3v) is 5.02. The van der Waals surface area contributed by atoms with E-state index in [0.29, 0.717) is 12.1 Å². The molecule has 1 heterocycles. The molecule has 0 aliphatic carbocycles. The van der Waals surface area contributed by atoms with Crippen molar-refractivity contribution in [3.8, 4) is 0 Å². The van der Waals surface area contributed by atoms with Crippen molar-refractivity contribution in [2.45, 2.75) is 16.2 Å². The van der Waals surface area contributed by atoms with Crippen LogP contribution < -0.4 is 11.1 Å². The fraction of sp³-hybridized carbons (Fsp3) is 0.0714. The molecule has 3 rings (SSSR count). The van der Waals surface area contributed by atoms with Crippen molar-refractivity contribution < 1.29 is 4.79 Å². The van der Waals surface area contributed by atoms with Gasteiger partial charge in [-0.05, 0) is 45.8 Å². The highest BCUT2D eigenvalue weighted by Gasteiger charge is 2.19. The van der Waals surface area contributed by atoms with E-state index in [1.54, 1.807) is 11.8 Å². The van der Waals surface area contributed by atoms with E-state index in [-0.39, 0.29) is 5.91 Å². The van der Waals surface area contributed by atoms with Gasteiger partial charge in [0.25, 0.3) is 0 Å². The Morgan fingerprint density at radius 3 is 2.79 bits per heavy atom. The number of rotatable bonds is 2. The normalized spacial score (nSPS) is 13.2. The molecule has 2 aromatic rings. The van der Waals surface area contributed by atoms with Crippen molar-refractivity contribution >= 4 is 45.0 Å². The number of hydrogen-bond acceptors (Lipinski definition) is 3. The summed E-state index contributed by atoms with van der Waals surface area (Å²) in [6.07, 6.45) is 0.416. The second-order valence-corrected chi connectivity index (χ2v) is 6.24. The minimum atomic E-state index is 0.0254. The molecule has 96 valence electrons. The SMILES string of the molecule is Nc1cc2c(cc1Sc1ccccc1Br)NC(=O)C2. The molecular formula is C14H11BrN2OS. The third kappa shape index (κ3) is 2.48. The van der Waals surface area contributed by atoms with Crippen LogP contribution in [0.2, 0.25) is 0 Å². The molecule has 0 bridgehead atoms. The zero-order chi connectivity index (χ0) is 13.4. The number of anilines is 2. The van der Waals surface area contributed by atoms with E-state index in [0.717, 1.165) is 25.5 Å². The van der Waals surface area contributed by atoms with E-state index in [4.69, 9.17) is 5.73 Å². The van der Waals surface area contributed by atoms with Crippen LogP contribution in [0.4, 0.5) is 11.4 Å². The Labute approximate surface area is 123 Å². The van der Waals surface area contributed by atoms with Crippen LogP contribution in [-0.2, 0) is 11.2 Å². The minimum absolute atomic E-state index is 0.0254. The van der Waals surface area contributed by atoms with Gasteiger partial charge in [-0.2, -0.15) is 0 Å². The van der Waals surface area contributed by atoms with Crippen LogP contribution in [0.1, 0.15) is 5.56 Å². The zero-order valence-electron chi connectivity index (χ0n) is 9.94. The van der Waals surface area contributed by atoms with Crippen molar-refractivity contribution in [2.75, 3.05) is 11.1 Å². The van der Waals surface area contributed by atoms with E-state index in [1.807, 2.05) is 36.4 Å². The molecule has 0 spiro atoms. The lowest BCUT2D eigenvalue weighted by Crippen LogP contribution is -2.03. The summed E-state index contributed by atoms with van der Waals surface area (Å²) in [4.78, 5) is 13.4. The van der Waals surface area contributed by atoms with Gasteiger partial charge in [-0.3, -0.25) is 4.79 Å². The highest BCUT2D eigenvalue weighted by molar-refractivity contribution is 9.10. The second-order valence-electron chi connectivity index (χ2n) is 4.30. The predicted molar refractivity (Wildman–Crippen MR) is 81.5 cm³/mol. The lowest BCUT2D eigenvalue weighted by atomic mass is 10.1. The summed E-state index contributed by atoms with van der Waals surface area (Å²) in [7, 11) is 0. The largest absolute Gasteiger partial charge is 0.398 e. The molecule has 0 radical (unpaired) electrons. The van der Waals surface area contributed by atoms with Crippen molar-refractivity contribution in [3.63, 3.8) is 0 Å². The van der Waals surface area contributed by atoms with Gasteiger partial charge in [0.05, 0.1) is 6.42 Å². The number of nitrogen functional groups attached to an aromatic ring is 1. The average molecular weight is 335 g/mol. The Balaban J connectivity index is 1.97. The molecule has 1 aliphatic heterocycles. The Bertz CT molecular complexity index is 672. The fourth-order valence-electron chi connectivity index (χ4n) is 2.01. The van der Waals surface area contributed by atoms with Gasteiger partial charge in [0, 0.05) is 25.6 Å². The molecule has 3 N–H and O–H groups in total. The number of nitrogens with two attached hydrogens (primary N) is 1. The molecule has 0 unspecified atom stereocenters. The molecular weight excluding hydrogens is 324 g/mol. The molecule has 5 heteroatoms. The van der Waals surface area contributed by atoms with E-state index >= 15 is 0 Å². The highest BCUT2D eigenvalue weighted by atomic mass is 79.9. The van der Waals surface area contributed by atoms with Gasteiger partial charge in [-0.15, -0.1) is 0 Å². The summed E-state index contributed by atoms with van der Waals surface area (Å²) >= 11 is 5.10. The van der Waals surface area contributed by atoms with Gasteiger partial charge in [-0.1, -0.05) is 23.9 Å². The molecule has 1 aliphatic rings. The standard InChI is InChI=1S/C14H11BrN2OS/c15-9-3-1-2-4-12(9)19-13-7-11-8(5-10(13)16)6-14(18)17-11/h1-5,7H,6,16H2,(H,17,18). The van der Waals surface area contributed by atoms with Crippen LogP contribution in [0, 0.1) is 0 Å². The minimum Gasteiger partial charge on any atom is -0.398 e. The van der Waals surface area contributed by atoms with Crippen molar-refractivity contribution in [1.82, 2.24) is 0 Å². The highest BCUT2D eigenvalue weighted by Crippen LogP contribution is 2.39. The molecule has 2 aromatic carbocycles. The number of carbonyl (C=O) groups excluding carboxylic acids is 1. The Morgan fingerprint density at radius 2 is 2.00 bits per heavy atom. The molecule has 0 atom stereocenters. The maximum Gasteiger partial charge on any atom is 0.228 e. The molecule has 0 saturated heterocycles. The van der Waals surface area contributed by atoms with Crippen LogP contribution in [0.3, 0.4) is 0 Å². The average Bonchev–Trinajstić information content (AvgIpc) is 2.71. The first-order valence-electron chi connectivity index (χ1n) is 5.78. The lowest BCUT2D eigenvalue weighted by Gasteiger charge is -2.09. The number of halogens is 1. The zero-order valence-corrected chi connectivity index (χ0v) is 12.3. The number of carbonyl (C=O) groups is 1. The Kier molecular flexibility index (Phi) is 3.24. The number of fused-ring (bicyclic) bond motifs is 1. The maximum atomic E-state index is 11.4. The summed E-state index contributed by atoms with van der Waals surface area (Å²) in [5.41, 5.74) is 8.61. The summed E-state index contributed by atoms with van der Waals surface area (Å²) < 4.78 is 1.03. The molecule has 1 amide bonds. The van der Waals surface area contributed by atoms with E-state index in [9.17, 15) is 4.79 Å². The molecule has 0 saturated carbocycles. The van der Waals surface area contributed by atoms with Crippen LogP contribution in [0.25, 0.3) is 0 Å².